The van der Waals surface area contributed by atoms with Crippen LogP contribution in [0.4, 0.5) is 0 Å². The first-order valence-corrected chi connectivity index (χ1v) is 8.00. The second-order valence-electron chi connectivity index (χ2n) is 5.68. The summed E-state index contributed by atoms with van der Waals surface area (Å²) >= 11 is 6.10. The van der Waals surface area contributed by atoms with Crippen LogP contribution in [0, 0.1) is 0 Å². The third-order valence-electron chi connectivity index (χ3n) is 4.19. The van der Waals surface area contributed by atoms with Gasteiger partial charge in [0.1, 0.15) is 11.1 Å². The largest absolute Gasteiger partial charge is 0.436 e. The topological polar surface area (TPSA) is 38.9 Å². The van der Waals surface area contributed by atoms with Crippen molar-refractivity contribution in [1.29, 1.82) is 0 Å². The van der Waals surface area contributed by atoms with Gasteiger partial charge in [-0.25, -0.2) is 9.97 Å². The average molecular weight is 331 g/mol. The monoisotopic (exact) mass is 330 g/mol. The summed E-state index contributed by atoms with van der Waals surface area (Å²) in [5.41, 5.74) is 3.84. The summed E-state index contributed by atoms with van der Waals surface area (Å²) in [7, 11) is 0. The molecule has 0 saturated heterocycles. The molecule has 114 valence electrons. The molecule has 0 aliphatic heterocycles. The van der Waals surface area contributed by atoms with E-state index in [2.05, 4.69) is 23.2 Å². The number of nitrogens with zero attached hydrogens (tertiary/aromatic N) is 2. The molecular formula is C20H11ClN2O. The molecule has 24 heavy (non-hydrogen) atoms. The van der Waals surface area contributed by atoms with E-state index >= 15 is 0 Å². The van der Waals surface area contributed by atoms with E-state index in [1.54, 1.807) is 6.20 Å². The molecule has 2 aromatic heterocycles. The van der Waals surface area contributed by atoms with Gasteiger partial charge in [0.05, 0.1) is 17.3 Å². The summed E-state index contributed by atoms with van der Waals surface area (Å²) in [4.78, 5) is 9.27. The van der Waals surface area contributed by atoms with Gasteiger partial charge in [-0.3, -0.25) is 0 Å². The third-order valence-corrected chi connectivity index (χ3v) is 4.43. The normalized spacial score (nSPS) is 11.5. The second-order valence-corrected chi connectivity index (χ2v) is 6.12. The highest BCUT2D eigenvalue weighted by atomic mass is 35.5. The first kappa shape index (κ1) is 13.5. The van der Waals surface area contributed by atoms with E-state index in [0.29, 0.717) is 10.7 Å². The van der Waals surface area contributed by atoms with Gasteiger partial charge in [0.25, 0.3) is 0 Å². The van der Waals surface area contributed by atoms with Gasteiger partial charge >= 0.3 is 0 Å². The minimum atomic E-state index is 0.548. The molecule has 0 bridgehead atoms. The zero-order valence-corrected chi connectivity index (χ0v) is 13.3. The van der Waals surface area contributed by atoms with Crippen LogP contribution in [0.2, 0.25) is 5.02 Å². The molecule has 0 aliphatic rings. The van der Waals surface area contributed by atoms with Gasteiger partial charge < -0.3 is 4.42 Å². The number of benzene rings is 3. The van der Waals surface area contributed by atoms with Crippen LogP contribution in [0.3, 0.4) is 0 Å². The summed E-state index contributed by atoms with van der Waals surface area (Å²) in [6, 6.07) is 19.9. The van der Waals surface area contributed by atoms with Gasteiger partial charge in [-0.1, -0.05) is 54.1 Å². The highest BCUT2D eigenvalue weighted by molar-refractivity contribution is 6.30. The molecule has 3 nitrogen and oxygen atoms in total. The lowest BCUT2D eigenvalue weighted by Crippen LogP contribution is -1.86. The number of halogens is 1. The molecule has 0 saturated carbocycles. The molecule has 0 aliphatic carbocycles. The van der Waals surface area contributed by atoms with E-state index in [1.807, 2.05) is 42.5 Å². The SMILES string of the molecule is Clc1cccc(-c2cnc3oc4ccc5ccccc5c4c3n2)c1. The molecule has 0 N–H and O–H groups in total. The summed E-state index contributed by atoms with van der Waals surface area (Å²) in [6.45, 7) is 0. The number of aromatic nitrogens is 2. The molecule has 4 heteroatoms. The minimum Gasteiger partial charge on any atom is -0.436 e. The first-order valence-electron chi connectivity index (χ1n) is 7.62. The fourth-order valence-electron chi connectivity index (χ4n) is 3.09. The van der Waals surface area contributed by atoms with Crippen LogP contribution < -0.4 is 0 Å². The van der Waals surface area contributed by atoms with Crippen molar-refractivity contribution in [3.8, 4) is 11.3 Å². The Morgan fingerprint density at radius 1 is 0.917 bits per heavy atom. The Morgan fingerprint density at radius 2 is 1.83 bits per heavy atom. The molecule has 0 amide bonds. The summed E-state index contributed by atoms with van der Waals surface area (Å²) in [6.07, 6.45) is 1.72. The van der Waals surface area contributed by atoms with Crippen molar-refractivity contribution in [3.05, 3.63) is 71.9 Å². The van der Waals surface area contributed by atoms with Gasteiger partial charge in [0.15, 0.2) is 0 Å². The third kappa shape index (κ3) is 1.99. The lowest BCUT2D eigenvalue weighted by atomic mass is 10.1. The molecule has 5 rings (SSSR count). The van der Waals surface area contributed by atoms with Crippen LogP contribution in [-0.2, 0) is 0 Å². The number of rotatable bonds is 1. The highest BCUT2D eigenvalue weighted by Crippen LogP contribution is 2.33. The lowest BCUT2D eigenvalue weighted by Gasteiger charge is -2.01. The van der Waals surface area contributed by atoms with Crippen molar-refractivity contribution >= 4 is 44.6 Å². The molecule has 2 heterocycles. The Kier molecular flexibility index (Phi) is 2.84. The lowest BCUT2D eigenvalue weighted by molar-refractivity contribution is 0.653. The Hall–Kier alpha value is -2.91. The number of furan rings is 1. The summed E-state index contributed by atoms with van der Waals surface area (Å²) in [5, 5.41) is 3.95. The first-order chi connectivity index (χ1) is 11.8. The van der Waals surface area contributed by atoms with Crippen molar-refractivity contribution in [2.75, 3.05) is 0 Å². The van der Waals surface area contributed by atoms with Gasteiger partial charge in [0, 0.05) is 10.6 Å². The predicted octanol–water partition coefficient (Wildman–Crippen LogP) is 5.85. The quantitative estimate of drug-likeness (QED) is 0.387. The minimum absolute atomic E-state index is 0.548. The second kappa shape index (κ2) is 5.05. The average Bonchev–Trinajstić information content (AvgIpc) is 3.00. The summed E-state index contributed by atoms with van der Waals surface area (Å²) < 4.78 is 5.88. The van der Waals surface area contributed by atoms with E-state index in [4.69, 9.17) is 21.0 Å². The Bertz CT molecular complexity index is 1230. The fraction of sp³-hybridized carbons (Fsp3) is 0. The highest BCUT2D eigenvalue weighted by Gasteiger charge is 2.14. The van der Waals surface area contributed by atoms with E-state index in [0.717, 1.165) is 38.5 Å². The fourth-order valence-corrected chi connectivity index (χ4v) is 3.28. The van der Waals surface area contributed by atoms with Crippen molar-refractivity contribution < 1.29 is 4.42 Å². The van der Waals surface area contributed by atoms with Crippen molar-refractivity contribution in [1.82, 2.24) is 9.97 Å². The number of fused-ring (bicyclic) bond motifs is 5. The van der Waals surface area contributed by atoms with E-state index < -0.39 is 0 Å². The van der Waals surface area contributed by atoms with Crippen molar-refractivity contribution in [2.24, 2.45) is 0 Å². The maximum atomic E-state index is 6.10. The van der Waals surface area contributed by atoms with Gasteiger partial charge in [-0.2, -0.15) is 0 Å². The standard InChI is InChI=1S/C20H11ClN2O/c21-14-6-3-5-13(10-14)16-11-22-20-19(23-16)18-15-7-2-1-4-12(15)8-9-17(18)24-20/h1-11H. The van der Waals surface area contributed by atoms with Gasteiger partial charge in [0.2, 0.25) is 5.71 Å². The molecular weight excluding hydrogens is 320 g/mol. The molecule has 0 unspecified atom stereocenters. The Labute approximate surface area is 142 Å². The molecule has 0 atom stereocenters. The van der Waals surface area contributed by atoms with E-state index in [-0.39, 0.29) is 0 Å². The zero-order valence-electron chi connectivity index (χ0n) is 12.5. The maximum Gasteiger partial charge on any atom is 0.246 e. The molecule has 0 fully saturated rings. The maximum absolute atomic E-state index is 6.10. The van der Waals surface area contributed by atoms with E-state index in [9.17, 15) is 0 Å². The van der Waals surface area contributed by atoms with Gasteiger partial charge in [-0.05, 0) is 29.0 Å². The molecule has 0 radical (unpaired) electrons. The molecule has 3 aromatic carbocycles. The Morgan fingerprint density at radius 3 is 2.75 bits per heavy atom. The van der Waals surface area contributed by atoms with Crippen LogP contribution in [-0.4, -0.2) is 9.97 Å². The molecule has 0 spiro atoms. The van der Waals surface area contributed by atoms with Crippen LogP contribution in [0.5, 0.6) is 0 Å². The summed E-state index contributed by atoms with van der Waals surface area (Å²) in [5.74, 6) is 0. The van der Waals surface area contributed by atoms with Crippen molar-refractivity contribution in [2.45, 2.75) is 0 Å². The van der Waals surface area contributed by atoms with Gasteiger partial charge in [-0.15, -0.1) is 0 Å². The predicted molar refractivity (Wildman–Crippen MR) is 97.3 cm³/mol. The van der Waals surface area contributed by atoms with Crippen LogP contribution in [0.15, 0.2) is 71.3 Å². The van der Waals surface area contributed by atoms with Crippen LogP contribution >= 0.6 is 11.6 Å². The molecule has 5 aromatic rings. The van der Waals surface area contributed by atoms with Crippen LogP contribution in [0.25, 0.3) is 44.2 Å². The Balaban J connectivity index is 1.88. The van der Waals surface area contributed by atoms with E-state index in [1.165, 1.54) is 0 Å². The van der Waals surface area contributed by atoms with Crippen molar-refractivity contribution in [3.63, 3.8) is 0 Å². The number of hydrogen-bond donors (Lipinski definition) is 0. The smallest absolute Gasteiger partial charge is 0.246 e. The number of hydrogen-bond acceptors (Lipinski definition) is 3. The zero-order chi connectivity index (χ0) is 16.1. The van der Waals surface area contributed by atoms with Crippen LogP contribution in [0.1, 0.15) is 0 Å².